The van der Waals surface area contributed by atoms with E-state index in [4.69, 9.17) is 9.47 Å². The number of nitrogens with one attached hydrogen (secondary N) is 2. The van der Waals surface area contributed by atoms with E-state index in [2.05, 4.69) is 39.4 Å². The second-order valence-corrected chi connectivity index (χ2v) is 6.26. The highest BCUT2D eigenvalue weighted by molar-refractivity contribution is 14.0. The van der Waals surface area contributed by atoms with Crippen molar-refractivity contribution in [2.24, 2.45) is 4.99 Å². The van der Waals surface area contributed by atoms with Crippen molar-refractivity contribution >= 4 is 47.0 Å². The van der Waals surface area contributed by atoms with Crippen molar-refractivity contribution in [1.82, 2.24) is 5.32 Å². The standard InChI is InChI=1S/C18H23N3O2S.HI/c1-2-19-18(20-8-6-14-7-11-24-13-14)21-15-4-5-16-17(12-15)23-10-3-9-22-16;/h4-5,7,11-13H,2-3,6,8-10H2,1H3,(H2,19,20,21);1H. The van der Waals surface area contributed by atoms with Crippen molar-refractivity contribution in [3.63, 3.8) is 0 Å². The van der Waals surface area contributed by atoms with Crippen molar-refractivity contribution in [3.05, 3.63) is 40.6 Å². The Morgan fingerprint density at radius 1 is 1.20 bits per heavy atom. The molecule has 0 saturated carbocycles. The van der Waals surface area contributed by atoms with Crippen LogP contribution in [0.3, 0.4) is 0 Å². The molecule has 2 aromatic rings. The van der Waals surface area contributed by atoms with Gasteiger partial charge in [-0.1, -0.05) is 0 Å². The number of halogens is 1. The topological polar surface area (TPSA) is 54.9 Å². The molecule has 0 fully saturated rings. The van der Waals surface area contributed by atoms with Crippen LogP contribution in [0.4, 0.5) is 5.69 Å². The van der Waals surface area contributed by atoms with Gasteiger partial charge in [-0.25, -0.2) is 0 Å². The molecule has 2 N–H and O–H groups in total. The number of nitrogens with zero attached hydrogens (tertiary/aromatic N) is 1. The molecule has 1 aromatic carbocycles. The molecule has 7 heteroatoms. The van der Waals surface area contributed by atoms with Gasteiger partial charge in [-0.15, -0.1) is 24.0 Å². The quantitative estimate of drug-likeness (QED) is 0.389. The largest absolute Gasteiger partial charge is 0.490 e. The van der Waals surface area contributed by atoms with Gasteiger partial charge in [-0.2, -0.15) is 11.3 Å². The van der Waals surface area contributed by atoms with Crippen LogP contribution in [0.25, 0.3) is 0 Å². The van der Waals surface area contributed by atoms with Crippen LogP contribution in [0.15, 0.2) is 40.0 Å². The molecule has 0 saturated heterocycles. The zero-order chi connectivity index (χ0) is 16.6. The summed E-state index contributed by atoms with van der Waals surface area (Å²) in [5.41, 5.74) is 2.27. The van der Waals surface area contributed by atoms with E-state index in [1.165, 1.54) is 5.56 Å². The molecule has 3 rings (SSSR count). The Kier molecular flexibility index (Phi) is 8.33. The number of benzene rings is 1. The Hall–Kier alpha value is -1.48. The molecule has 25 heavy (non-hydrogen) atoms. The van der Waals surface area contributed by atoms with E-state index in [0.29, 0.717) is 13.2 Å². The van der Waals surface area contributed by atoms with Crippen LogP contribution >= 0.6 is 35.3 Å². The van der Waals surface area contributed by atoms with Gasteiger partial charge in [0.2, 0.25) is 0 Å². The lowest BCUT2D eigenvalue weighted by Crippen LogP contribution is -2.30. The summed E-state index contributed by atoms with van der Waals surface area (Å²) in [5.74, 6) is 2.37. The summed E-state index contributed by atoms with van der Waals surface area (Å²) in [7, 11) is 0. The van der Waals surface area contributed by atoms with Crippen molar-refractivity contribution in [2.75, 3.05) is 31.6 Å². The van der Waals surface area contributed by atoms with E-state index in [1.54, 1.807) is 11.3 Å². The van der Waals surface area contributed by atoms with Crippen LogP contribution in [0.5, 0.6) is 11.5 Å². The van der Waals surface area contributed by atoms with Gasteiger partial charge in [0, 0.05) is 31.3 Å². The van der Waals surface area contributed by atoms with E-state index in [0.717, 1.165) is 49.1 Å². The number of hydrogen-bond donors (Lipinski definition) is 2. The molecule has 5 nitrogen and oxygen atoms in total. The summed E-state index contributed by atoms with van der Waals surface area (Å²) < 4.78 is 11.4. The number of anilines is 1. The molecule has 0 bridgehead atoms. The molecule has 1 aliphatic rings. The van der Waals surface area contributed by atoms with Crippen LogP contribution in [-0.4, -0.2) is 32.3 Å². The summed E-state index contributed by atoms with van der Waals surface area (Å²) in [6, 6.07) is 8.04. The smallest absolute Gasteiger partial charge is 0.195 e. The maximum atomic E-state index is 5.74. The number of rotatable bonds is 5. The average Bonchev–Trinajstić information content (AvgIpc) is 2.99. The maximum Gasteiger partial charge on any atom is 0.195 e. The van der Waals surface area contributed by atoms with Gasteiger partial charge < -0.3 is 20.1 Å². The minimum absolute atomic E-state index is 0. The lowest BCUT2D eigenvalue weighted by atomic mass is 10.2. The third kappa shape index (κ3) is 6.07. The predicted molar refractivity (Wildman–Crippen MR) is 115 cm³/mol. The van der Waals surface area contributed by atoms with Crippen LogP contribution in [0, 0.1) is 0 Å². The van der Waals surface area contributed by atoms with Crippen molar-refractivity contribution < 1.29 is 9.47 Å². The van der Waals surface area contributed by atoms with E-state index >= 15 is 0 Å². The molecule has 0 atom stereocenters. The Balaban J connectivity index is 0.00000225. The number of thiophene rings is 1. The molecular formula is C18H24IN3O2S. The van der Waals surface area contributed by atoms with Gasteiger partial charge in [-0.3, -0.25) is 4.99 Å². The van der Waals surface area contributed by atoms with Crippen molar-refractivity contribution in [2.45, 2.75) is 19.8 Å². The summed E-state index contributed by atoms with van der Waals surface area (Å²) >= 11 is 1.72. The first-order valence-corrected chi connectivity index (χ1v) is 9.25. The van der Waals surface area contributed by atoms with Crippen LogP contribution in [0.1, 0.15) is 18.9 Å². The fourth-order valence-electron chi connectivity index (χ4n) is 2.42. The highest BCUT2D eigenvalue weighted by Crippen LogP contribution is 2.32. The molecule has 1 aliphatic heterocycles. The van der Waals surface area contributed by atoms with Gasteiger partial charge in [-0.05, 0) is 47.9 Å². The predicted octanol–water partition coefficient (Wildman–Crippen LogP) is 4.15. The number of hydrogen-bond acceptors (Lipinski definition) is 4. The second kappa shape index (κ2) is 10.5. The van der Waals surface area contributed by atoms with Crippen molar-refractivity contribution in [1.29, 1.82) is 0 Å². The first-order chi connectivity index (χ1) is 11.8. The molecular weight excluding hydrogens is 449 g/mol. The Morgan fingerprint density at radius 3 is 2.80 bits per heavy atom. The summed E-state index contributed by atoms with van der Waals surface area (Å²) in [6.07, 6.45) is 1.85. The van der Waals surface area contributed by atoms with Gasteiger partial charge >= 0.3 is 0 Å². The molecule has 0 radical (unpaired) electrons. The molecule has 136 valence electrons. The van der Waals surface area contributed by atoms with Gasteiger partial charge in [0.15, 0.2) is 17.5 Å². The third-order valence-corrected chi connectivity index (χ3v) is 4.34. The van der Waals surface area contributed by atoms with Crippen molar-refractivity contribution in [3.8, 4) is 11.5 Å². The average molecular weight is 473 g/mol. The summed E-state index contributed by atoms with van der Waals surface area (Å²) in [4.78, 5) is 4.64. The molecule has 2 heterocycles. The second-order valence-electron chi connectivity index (χ2n) is 5.48. The maximum absolute atomic E-state index is 5.74. The van der Waals surface area contributed by atoms with Gasteiger partial charge in [0.05, 0.1) is 13.2 Å². The fraction of sp³-hybridized carbons (Fsp3) is 0.389. The van der Waals surface area contributed by atoms with Gasteiger partial charge in [0.1, 0.15) is 0 Å². The molecule has 0 spiro atoms. The van der Waals surface area contributed by atoms with Gasteiger partial charge in [0.25, 0.3) is 0 Å². The Morgan fingerprint density at radius 2 is 2.04 bits per heavy atom. The SMILES string of the molecule is CCNC(=NCCc1ccsc1)Nc1ccc2c(c1)OCCCO2.I. The number of fused-ring (bicyclic) bond motifs is 1. The molecule has 1 aromatic heterocycles. The lowest BCUT2D eigenvalue weighted by molar-refractivity contribution is 0.297. The van der Waals surface area contributed by atoms with E-state index in [1.807, 2.05) is 18.2 Å². The van der Waals surface area contributed by atoms with E-state index < -0.39 is 0 Å². The highest BCUT2D eigenvalue weighted by Gasteiger charge is 2.11. The number of guanidine groups is 1. The number of aliphatic imine (C=N–C) groups is 1. The molecule has 0 aliphatic carbocycles. The van der Waals surface area contributed by atoms with E-state index in [-0.39, 0.29) is 24.0 Å². The fourth-order valence-corrected chi connectivity index (χ4v) is 3.12. The molecule has 0 unspecified atom stereocenters. The van der Waals surface area contributed by atoms with Crippen LogP contribution in [0.2, 0.25) is 0 Å². The van der Waals surface area contributed by atoms with Crippen LogP contribution in [-0.2, 0) is 6.42 Å². The zero-order valence-electron chi connectivity index (χ0n) is 14.3. The van der Waals surface area contributed by atoms with E-state index in [9.17, 15) is 0 Å². The minimum atomic E-state index is 0. The Labute approximate surface area is 169 Å². The first-order valence-electron chi connectivity index (χ1n) is 8.31. The summed E-state index contributed by atoms with van der Waals surface area (Å²) in [6.45, 7) is 5.01. The summed E-state index contributed by atoms with van der Waals surface area (Å²) in [5, 5.41) is 10.9. The highest BCUT2D eigenvalue weighted by atomic mass is 127. The lowest BCUT2D eigenvalue weighted by Gasteiger charge is -2.13. The Bertz CT molecular complexity index is 677. The third-order valence-electron chi connectivity index (χ3n) is 3.60. The minimum Gasteiger partial charge on any atom is -0.490 e. The molecule has 0 amide bonds. The monoisotopic (exact) mass is 473 g/mol. The zero-order valence-corrected chi connectivity index (χ0v) is 17.4. The number of ether oxygens (including phenoxy) is 2. The van der Waals surface area contributed by atoms with Crippen LogP contribution < -0.4 is 20.1 Å². The normalized spacial score (nSPS) is 13.6. The first kappa shape index (κ1) is 19.8.